The van der Waals surface area contributed by atoms with Crippen molar-refractivity contribution in [1.82, 2.24) is 9.88 Å². The molecular formula is C21H20N2O5. The fraction of sp³-hybridized carbons (Fsp3) is 0.286. The number of carbonyl (C=O) groups is 1. The smallest absolute Gasteiger partial charge is 0.349 e. The van der Waals surface area contributed by atoms with Crippen molar-refractivity contribution in [2.24, 2.45) is 0 Å². The summed E-state index contributed by atoms with van der Waals surface area (Å²) in [5.41, 5.74) is 0.536. The van der Waals surface area contributed by atoms with Gasteiger partial charge in [0.05, 0.1) is 13.7 Å². The molecule has 0 spiro atoms. The predicted molar refractivity (Wildman–Crippen MR) is 103 cm³/mol. The van der Waals surface area contributed by atoms with Crippen molar-refractivity contribution in [3.05, 3.63) is 64.1 Å². The molecule has 1 saturated heterocycles. The summed E-state index contributed by atoms with van der Waals surface area (Å²) in [4.78, 5) is 31.2. The SMILES string of the molecule is COc1cccc2cc(C(=O)N3CCC(Oc4cccc(C)n4)C3)c(=O)oc12. The zero-order chi connectivity index (χ0) is 19.7. The second-order valence-corrected chi connectivity index (χ2v) is 6.72. The second kappa shape index (κ2) is 7.34. The summed E-state index contributed by atoms with van der Waals surface area (Å²) < 4.78 is 16.5. The van der Waals surface area contributed by atoms with Crippen molar-refractivity contribution in [3.63, 3.8) is 0 Å². The normalized spacial score (nSPS) is 16.4. The lowest BCUT2D eigenvalue weighted by atomic mass is 10.1. The van der Waals surface area contributed by atoms with Crippen LogP contribution in [0.2, 0.25) is 0 Å². The first-order valence-corrected chi connectivity index (χ1v) is 9.05. The number of amides is 1. The number of nitrogens with zero attached hydrogens (tertiary/aromatic N) is 2. The molecule has 1 aromatic carbocycles. The number of rotatable bonds is 4. The average molecular weight is 380 g/mol. The highest BCUT2D eigenvalue weighted by atomic mass is 16.5. The van der Waals surface area contributed by atoms with Crippen LogP contribution in [-0.2, 0) is 0 Å². The van der Waals surface area contributed by atoms with Crippen LogP contribution in [0.4, 0.5) is 0 Å². The number of methoxy groups -OCH3 is 1. The molecule has 28 heavy (non-hydrogen) atoms. The summed E-state index contributed by atoms with van der Waals surface area (Å²) in [6.07, 6.45) is 0.513. The van der Waals surface area contributed by atoms with Gasteiger partial charge >= 0.3 is 5.63 Å². The predicted octanol–water partition coefficient (Wildman–Crippen LogP) is 2.80. The lowest BCUT2D eigenvalue weighted by Crippen LogP contribution is -2.33. The van der Waals surface area contributed by atoms with E-state index in [1.807, 2.05) is 19.1 Å². The Morgan fingerprint density at radius 1 is 1.25 bits per heavy atom. The molecule has 1 unspecified atom stereocenters. The van der Waals surface area contributed by atoms with E-state index in [1.54, 1.807) is 35.2 Å². The Labute approximate surface area is 161 Å². The molecule has 0 N–H and O–H groups in total. The number of hydrogen-bond acceptors (Lipinski definition) is 6. The monoisotopic (exact) mass is 380 g/mol. The van der Waals surface area contributed by atoms with E-state index in [0.717, 1.165) is 5.69 Å². The van der Waals surface area contributed by atoms with E-state index in [-0.39, 0.29) is 17.6 Å². The van der Waals surface area contributed by atoms with E-state index in [9.17, 15) is 9.59 Å². The minimum Gasteiger partial charge on any atom is -0.493 e. The lowest BCUT2D eigenvalue weighted by Gasteiger charge is -2.17. The lowest BCUT2D eigenvalue weighted by molar-refractivity contribution is 0.0767. The maximum Gasteiger partial charge on any atom is 0.349 e. The molecule has 0 radical (unpaired) electrons. The molecule has 0 saturated carbocycles. The molecule has 3 heterocycles. The quantitative estimate of drug-likeness (QED) is 0.648. The third kappa shape index (κ3) is 3.43. The van der Waals surface area contributed by atoms with Gasteiger partial charge in [0, 0.05) is 30.1 Å². The van der Waals surface area contributed by atoms with E-state index in [1.165, 1.54) is 7.11 Å². The highest BCUT2D eigenvalue weighted by molar-refractivity contribution is 5.97. The number of benzene rings is 1. The van der Waals surface area contributed by atoms with Crippen LogP contribution >= 0.6 is 0 Å². The Bertz CT molecular complexity index is 1090. The molecule has 0 bridgehead atoms. The summed E-state index contributed by atoms with van der Waals surface area (Å²) in [6, 6.07) is 12.4. The van der Waals surface area contributed by atoms with Gasteiger partial charge in [-0.3, -0.25) is 4.79 Å². The van der Waals surface area contributed by atoms with Crippen LogP contribution in [0, 0.1) is 6.92 Å². The maximum absolute atomic E-state index is 12.9. The van der Waals surface area contributed by atoms with Crippen LogP contribution in [-0.4, -0.2) is 42.1 Å². The number of para-hydroxylation sites is 1. The molecule has 1 aliphatic heterocycles. The maximum atomic E-state index is 12.9. The first-order valence-electron chi connectivity index (χ1n) is 9.05. The molecule has 1 fully saturated rings. The van der Waals surface area contributed by atoms with Gasteiger partial charge in [0.2, 0.25) is 5.88 Å². The van der Waals surface area contributed by atoms with Gasteiger partial charge in [-0.2, -0.15) is 0 Å². The standard InChI is InChI=1S/C21H20N2O5/c1-13-5-3-8-18(22-13)27-15-9-10-23(12-15)20(24)16-11-14-6-4-7-17(26-2)19(14)28-21(16)25/h3-8,11,15H,9-10,12H2,1-2H3. The number of likely N-dealkylation sites (tertiary alicyclic amines) is 1. The van der Waals surface area contributed by atoms with Crippen molar-refractivity contribution in [2.45, 2.75) is 19.4 Å². The van der Waals surface area contributed by atoms with Crippen LogP contribution in [0.15, 0.2) is 51.7 Å². The van der Waals surface area contributed by atoms with Crippen LogP contribution in [0.5, 0.6) is 11.6 Å². The molecule has 3 aromatic rings. The highest BCUT2D eigenvalue weighted by Crippen LogP contribution is 2.25. The first kappa shape index (κ1) is 18.0. The number of pyridine rings is 1. The third-order valence-corrected chi connectivity index (χ3v) is 4.76. The van der Waals surface area contributed by atoms with Gasteiger partial charge in [-0.1, -0.05) is 18.2 Å². The van der Waals surface area contributed by atoms with E-state index in [2.05, 4.69) is 4.98 Å². The molecule has 7 nitrogen and oxygen atoms in total. The number of fused-ring (bicyclic) bond motifs is 1. The highest BCUT2D eigenvalue weighted by Gasteiger charge is 2.30. The molecular weight excluding hydrogens is 360 g/mol. The number of hydrogen-bond donors (Lipinski definition) is 0. The van der Waals surface area contributed by atoms with E-state index in [0.29, 0.717) is 42.1 Å². The van der Waals surface area contributed by atoms with Crippen LogP contribution < -0.4 is 15.1 Å². The average Bonchev–Trinajstić information content (AvgIpc) is 3.15. The minimum atomic E-state index is -0.674. The van der Waals surface area contributed by atoms with Crippen molar-refractivity contribution in [1.29, 1.82) is 0 Å². The van der Waals surface area contributed by atoms with Gasteiger partial charge < -0.3 is 18.8 Å². The Morgan fingerprint density at radius 3 is 2.86 bits per heavy atom. The summed E-state index contributed by atoms with van der Waals surface area (Å²) >= 11 is 0. The molecule has 144 valence electrons. The van der Waals surface area contributed by atoms with Crippen molar-refractivity contribution >= 4 is 16.9 Å². The van der Waals surface area contributed by atoms with Gasteiger partial charge in [0.1, 0.15) is 11.7 Å². The topological polar surface area (TPSA) is 81.9 Å². The van der Waals surface area contributed by atoms with Gasteiger partial charge in [0.15, 0.2) is 11.3 Å². The van der Waals surface area contributed by atoms with Gasteiger partial charge in [-0.05, 0) is 25.1 Å². The Kier molecular flexibility index (Phi) is 4.73. The molecule has 1 atom stereocenters. The van der Waals surface area contributed by atoms with Gasteiger partial charge in [-0.15, -0.1) is 0 Å². The second-order valence-electron chi connectivity index (χ2n) is 6.72. The van der Waals surface area contributed by atoms with Crippen LogP contribution in [0.1, 0.15) is 22.5 Å². The molecule has 2 aromatic heterocycles. The van der Waals surface area contributed by atoms with E-state index in [4.69, 9.17) is 13.9 Å². The zero-order valence-electron chi connectivity index (χ0n) is 15.7. The summed E-state index contributed by atoms with van der Waals surface area (Å²) in [6.45, 7) is 2.79. The molecule has 0 aliphatic carbocycles. The van der Waals surface area contributed by atoms with Crippen LogP contribution in [0.3, 0.4) is 0 Å². The zero-order valence-corrected chi connectivity index (χ0v) is 15.7. The molecule has 4 rings (SSSR count). The molecule has 1 amide bonds. The Morgan fingerprint density at radius 2 is 2.07 bits per heavy atom. The number of aromatic nitrogens is 1. The van der Waals surface area contributed by atoms with Crippen molar-refractivity contribution in [2.75, 3.05) is 20.2 Å². The van der Waals surface area contributed by atoms with Crippen LogP contribution in [0.25, 0.3) is 11.0 Å². The summed E-state index contributed by atoms with van der Waals surface area (Å²) in [5.74, 6) is 0.632. The first-order chi connectivity index (χ1) is 13.5. The van der Waals surface area contributed by atoms with Crippen molar-refractivity contribution in [3.8, 4) is 11.6 Å². The molecule has 1 aliphatic rings. The van der Waals surface area contributed by atoms with E-state index < -0.39 is 5.63 Å². The fourth-order valence-corrected chi connectivity index (χ4v) is 3.36. The van der Waals surface area contributed by atoms with Gasteiger partial charge in [0.25, 0.3) is 5.91 Å². The largest absolute Gasteiger partial charge is 0.493 e. The number of carbonyl (C=O) groups excluding carboxylic acids is 1. The third-order valence-electron chi connectivity index (χ3n) is 4.76. The Hall–Kier alpha value is -3.35. The summed E-state index contributed by atoms with van der Waals surface area (Å²) in [5, 5.41) is 0.637. The van der Waals surface area contributed by atoms with Crippen molar-refractivity contribution < 1.29 is 18.7 Å². The minimum absolute atomic E-state index is 0.00934. The number of aryl methyl sites for hydroxylation is 1. The summed E-state index contributed by atoms with van der Waals surface area (Å²) in [7, 11) is 1.50. The number of ether oxygens (including phenoxy) is 2. The fourth-order valence-electron chi connectivity index (χ4n) is 3.36. The Balaban J connectivity index is 1.53. The van der Waals surface area contributed by atoms with Gasteiger partial charge in [-0.25, -0.2) is 9.78 Å². The van der Waals surface area contributed by atoms with E-state index >= 15 is 0 Å². The molecule has 7 heteroatoms.